The second-order valence-electron chi connectivity index (χ2n) is 5.83. The summed E-state index contributed by atoms with van der Waals surface area (Å²) in [6.45, 7) is 1.42. The van der Waals surface area contributed by atoms with Crippen molar-refractivity contribution in [2.45, 2.75) is 13.0 Å². The van der Waals surface area contributed by atoms with Crippen LogP contribution in [0.25, 0.3) is 11.8 Å². The molecule has 9 nitrogen and oxygen atoms in total. The van der Waals surface area contributed by atoms with E-state index in [0.717, 1.165) is 16.7 Å². The van der Waals surface area contributed by atoms with Crippen molar-refractivity contribution in [3.05, 3.63) is 63.3 Å². The van der Waals surface area contributed by atoms with Crippen LogP contribution in [0.4, 0.5) is 10.5 Å². The molecule has 1 fully saturated rings. The minimum atomic E-state index is -1.02. The molecule has 0 radical (unpaired) electrons. The monoisotopic (exact) mass is 401 g/mol. The van der Waals surface area contributed by atoms with E-state index in [-0.39, 0.29) is 10.6 Å². The van der Waals surface area contributed by atoms with Gasteiger partial charge < -0.3 is 9.30 Å². The van der Waals surface area contributed by atoms with Crippen LogP contribution in [0.15, 0.2) is 47.5 Å². The summed E-state index contributed by atoms with van der Waals surface area (Å²) >= 11 is 0.735. The zero-order valence-corrected chi connectivity index (χ0v) is 15.7. The molecule has 2 amide bonds. The summed E-state index contributed by atoms with van der Waals surface area (Å²) in [6, 6.07) is 8.38. The number of hydrogen-bond donors (Lipinski definition) is 0. The highest BCUT2D eigenvalue weighted by molar-refractivity contribution is 8.18. The van der Waals surface area contributed by atoms with Crippen molar-refractivity contribution >= 4 is 40.6 Å². The first-order chi connectivity index (χ1) is 13.3. The summed E-state index contributed by atoms with van der Waals surface area (Å²) in [4.78, 5) is 47.8. The van der Waals surface area contributed by atoms with E-state index in [9.17, 15) is 24.5 Å². The molecule has 1 saturated heterocycles. The van der Waals surface area contributed by atoms with E-state index < -0.39 is 28.1 Å². The third-order valence-corrected chi connectivity index (χ3v) is 5.03. The van der Waals surface area contributed by atoms with Crippen molar-refractivity contribution in [3.8, 4) is 5.69 Å². The molecule has 0 bridgehead atoms. The number of nitro benzene ring substituents is 1. The van der Waals surface area contributed by atoms with E-state index in [1.165, 1.54) is 32.2 Å². The van der Waals surface area contributed by atoms with Gasteiger partial charge in [-0.3, -0.25) is 24.6 Å². The number of benzene rings is 1. The molecule has 2 heterocycles. The van der Waals surface area contributed by atoms with Crippen LogP contribution in [0, 0.1) is 10.1 Å². The number of imide groups is 1. The number of amides is 2. The summed E-state index contributed by atoms with van der Waals surface area (Å²) < 4.78 is 6.32. The number of thioether (sulfide) groups is 1. The zero-order chi connectivity index (χ0) is 20.4. The number of aromatic nitrogens is 1. The lowest BCUT2D eigenvalue weighted by molar-refractivity contribution is -0.384. The SMILES string of the molecule is COC(=O)C(C)N1C(=O)S/C(=C\c2cccn2-c2ccc([N+](=O)[O-])cc2)C1=O. The molecule has 10 heteroatoms. The molecule has 1 aliphatic heterocycles. The number of methoxy groups -OCH3 is 1. The molecule has 1 atom stereocenters. The number of esters is 1. The molecule has 0 N–H and O–H groups in total. The van der Waals surface area contributed by atoms with E-state index in [4.69, 9.17) is 0 Å². The van der Waals surface area contributed by atoms with Gasteiger partial charge in [0.2, 0.25) is 0 Å². The molecule has 0 spiro atoms. The van der Waals surface area contributed by atoms with E-state index in [1.807, 2.05) is 0 Å². The third kappa shape index (κ3) is 3.54. The fourth-order valence-electron chi connectivity index (χ4n) is 2.71. The molecule has 2 aromatic rings. The number of hydrogen-bond acceptors (Lipinski definition) is 7. The molecular weight excluding hydrogens is 386 g/mol. The highest BCUT2D eigenvalue weighted by Crippen LogP contribution is 2.34. The Labute approximate surface area is 163 Å². The number of nitrogens with zero attached hydrogens (tertiary/aromatic N) is 3. The molecule has 1 aliphatic rings. The Kier molecular flexibility index (Phi) is 5.32. The van der Waals surface area contributed by atoms with Crippen LogP contribution < -0.4 is 0 Å². The van der Waals surface area contributed by atoms with Crippen molar-refractivity contribution in [1.29, 1.82) is 0 Å². The Balaban J connectivity index is 1.90. The van der Waals surface area contributed by atoms with Gasteiger partial charge >= 0.3 is 5.97 Å². The van der Waals surface area contributed by atoms with Crippen LogP contribution >= 0.6 is 11.8 Å². The maximum Gasteiger partial charge on any atom is 0.328 e. The van der Waals surface area contributed by atoms with Crippen LogP contribution in [0.2, 0.25) is 0 Å². The van der Waals surface area contributed by atoms with Gasteiger partial charge in [0.1, 0.15) is 6.04 Å². The zero-order valence-electron chi connectivity index (χ0n) is 14.9. The maximum atomic E-state index is 12.6. The van der Waals surface area contributed by atoms with Gasteiger partial charge in [0.05, 0.1) is 16.9 Å². The number of carbonyl (C=O) groups is 3. The summed E-state index contributed by atoms with van der Waals surface area (Å²) in [5, 5.41) is 10.2. The van der Waals surface area contributed by atoms with Crippen molar-refractivity contribution in [2.24, 2.45) is 0 Å². The number of ether oxygens (including phenoxy) is 1. The second-order valence-corrected chi connectivity index (χ2v) is 6.82. The van der Waals surface area contributed by atoms with Crippen LogP contribution in [-0.4, -0.2) is 44.7 Å². The lowest BCUT2D eigenvalue weighted by Crippen LogP contribution is -2.42. The summed E-state index contributed by atoms with van der Waals surface area (Å²) in [5.41, 5.74) is 1.23. The van der Waals surface area contributed by atoms with Crippen molar-refractivity contribution in [3.63, 3.8) is 0 Å². The predicted octanol–water partition coefficient (Wildman–Crippen LogP) is 2.98. The average molecular weight is 401 g/mol. The Morgan fingerprint density at radius 2 is 1.93 bits per heavy atom. The van der Waals surface area contributed by atoms with Gasteiger partial charge in [0.15, 0.2) is 0 Å². The largest absolute Gasteiger partial charge is 0.467 e. The lowest BCUT2D eigenvalue weighted by atomic mass is 10.2. The lowest BCUT2D eigenvalue weighted by Gasteiger charge is -2.18. The van der Waals surface area contributed by atoms with Crippen molar-refractivity contribution in [2.75, 3.05) is 7.11 Å². The molecule has 1 aromatic heterocycles. The third-order valence-electron chi connectivity index (χ3n) is 4.15. The first kappa shape index (κ1) is 19.4. The summed E-state index contributed by atoms with van der Waals surface area (Å²) in [5.74, 6) is -1.26. The average Bonchev–Trinajstić information content (AvgIpc) is 3.25. The van der Waals surface area contributed by atoms with E-state index in [2.05, 4.69) is 4.74 Å². The molecule has 1 unspecified atom stereocenters. The summed E-state index contributed by atoms with van der Waals surface area (Å²) in [6.07, 6.45) is 3.27. The smallest absolute Gasteiger partial charge is 0.328 e. The molecule has 1 aromatic carbocycles. The van der Waals surface area contributed by atoms with Gasteiger partial charge in [-0.15, -0.1) is 0 Å². The van der Waals surface area contributed by atoms with E-state index in [1.54, 1.807) is 35.0 Å². The molecular formula is C18H15N3O6S. The number of carbonyl (C=O) groups excluding carboxylic acids is 3. The quantitative estimate of drug-likeness (QED) is 0.328. The van der Waals surface area contributed by atoms with E-state index in [0.29, 0.717) is 11.4 Å². The minimum absolute atomic E-state index is 0.0321. The second kappa shape index (κ2) is 7.69. The molecule has 144 valence electrons. The van der Waals surface area contributed by atoms with Crippen molar-refractivity contribution in [1.82, 2.24) is 9.47 Å². The van der Waals surface area contributed by atoms with Gasteiger partial charge in [-0.25, -0.2) is 4.79 Å². The topological polar surface area (TPSA) is 112 Å². The van der Waals surface area contributed by atoms with Gasteiger partial charge in [0.25, 0.3) is 16.8 Å². The van der Waals surface area contributed by atoms with Crippen LogP contribution in [0.3, 0.4) is 0 Å². The molecule has 0 saturated carbocycles. The van der Waals surface area contributed by atoms with Gasteiger partial charge in [0, 0.05) is 29.7 Å². The Morgan fingerprint density at radius 3 is 2.54 bits per heavy atom. The number of non-ortho nitro benzene ring substituents is 1. The molecule has 0 aliphatic carbocycles. The first-order valence-electron chi connectivity index (χ1n) is 8.10. The van der Waals surface area contributed by atoms with Gasteiger partial charge in [-0.2, -0.15) is 0 Å². The number of nitro groups is 1. The van der Waals surface area contributed by atoms with Crippen LogP contribution in [0.5, 0.6) is 0 Å². The minimum Gasteiger partial charge on any atom is -0.467 e. The summed E-state index contributed by atoms with van der Waals surface area (Å²) in [7, 11) is 1.19. The van der Waals surface area contributed by atoms with Crippen molar-refractivity contribution < 1.29 is 24.0 Å². The Morgan fingerprint density at radius 1 is 1.25 bits per heavy atom. The molecule has 28 heavy (non-hydrogen) atoms. The maximum absolute atomic E-state index is 12.6. The van der Waals surface area contributed by atoms with Gasteiger partial charge in [-0.1, -0.05) is 0 Å². The fourth-order valence-corrected chi connectivity index (χ4v) is 3.60. The highest BCUT2D eigenvalue weighted by Gasteiger charge is 2.41. The Bertz CT molecular complexity index is 995. The van der Waals surface area contributed by atoms with E-state index >= 15 is 0 Å². The van der Waals surface area contributed by atoms with Crippen LogP contribution in [0.1, 0.15) is 12.6 Å². The first-order valence-corrected chi connectivity index (χ1v) is 8.92. The highest BCUT2D eigenvalue weighted by atomic mass is 32.2. The van der Waals surface area contributed by atoms with Crippen LogP contribution in [-0.2, 0) is 14.3 Å². The normalized spacial score (nSPS) is 16.5. The Hall–Kier alpha value is -3.40. The fraction of sp³-hybridized carbons (Fsp3) is 0.167. The number of rotatable bonds is 5. The molecule has 3 rings (SSSR count). The standard InChI is InChI=1S/C18H15N3O6S/c1-11(17(23)27-2)20-16(22)15(28-18(20)24)10-14-4-3-9-19(14)12-5-7-13(8-6-12)21(25)26/h3-11H,1-2H3/b15-10-. The predicted molar refractivity (Wildman–Crippen MR) is 102 cm³/mol. The van der Waals surface area contributed by atoms with Gasteiger partial charge in [-0.05, 0) is 49.0 Å².